The van der Waals surface area contributed by atoms with E-state index in [1.165, 1.54) is 7.11 Å². The first kappa shape index (κ1) is 11.3. The molecule has 0 amide bonds. The Hall–Kier alpha value is 0.444. The van der Waals surface area contributed by atoms with Crippen molar-refractivity contribution in [3.63, 3.8) is 0 Å². The molecule has 0 aromatic heterocycles. The van der Waals surface area contributed by atoms with E-state index in [2.05, 4.69) is 4.74 Å². The minimum Gasteiger partial charge on any atom is -0.491 e. The van der Waals surface area contributed by atoms with Gasteiger partial charge in [0.25, 0.3) is 0 Å². The fraction of sp³-hybridized carbons (Fsp3) is 0.600. The summed E-state index contributed by atoms with van der Waals surface area (Å²) in [6.45, 7) is 3.43. The van der Waals surface area contributed by atoms with Crippen LogP contribution in [0, 0.1) is 5.92 Å². The topological polar surface area (TPSA) is 26.3 Å². The zero-order valence-corrected chi connectivity index (χ0v) is 8.23. The van der Waals surface area contributed by atoms with Crippen LogP contribution >= 0.6 is 0 Å². The van der Waals surface area contributed by atoms with Crippen LogP contribution < -0.4 is 0 Å². The summed E-state index contributed by atoms with van der Waals surface area (Å²) in [7, 11) is 1.37. The van der Waals surface area contributed by atoms with Gasteiger partial charge in [0.05, 0.1) is 7.11 Å². The Morgan fingerprint density at radius 2 is 1.88 bits per heavy atom. The third kappa shape index (κ3) is 4.60. The molecule has 8 heavy (non-hydrogen) atoms. The Morgan fingerprint density at radius 3 is 1.88 bits per heavy atom. The molecular formula is C5H9O2Y-. The predicted molar refractivity (Wildman–Crippen MR) is 26.6 cm³/mol. The van der Waals surface area contributed by atoms with E-state index >= 15 is 0 Å². The summed E-state index contributed by atoms with van der Waals surface area (Å²) >= 11 is 0. The second-order valence-electron chi connectivity index (χ2n) is 1.49. The molecule has 0 aliphatic carbocycles. The van der Waals surface area contributed by atoms with Crippen molar-refractivity contribution >= 4 is 5.97 Å². The largest absolute Gasteiger partial charge is 0.491 e. The van der Waals surface area contributed by atoms with Crippen LogP contribution in [0.4, 0.5) is 0 Å². The summed E-state index contributed by atoms with van der Waals surface area (Å²) in [5.41, 5.74) is 0. The molecular weight excluding hydrogens is 181 g/mol. The molecule has 0 heterocycles. The average Bonchev–Trinajstić information content (AvgIpc) is 1.65. The van der Waals surface area contributed by atoms with Crippen LogP contribution in [0.3, 0.4) is 0 Å². The van der Waals surface area contributed by atoms with Crippen molar-refractivity contribution < 1.29 is 42.2 Å². The third-order valence-corrected chi connectivity index (χ3v) is 0.594. The summed E-state index contributed by atoms with van der Waals surface area (Å²) in [5, 5.41) is 0. The number of esters is 1. The summed E-state index contributed by atoms with van der Waals surface area (Å²) in [4.78, 5) is 10.3. The van der Waals surface area contributed by atoms with E-state index in [9.17, 15) is 4.79 Å². The molecule has 2 nitrogen and oxygen atoms in total. The number of ether oxygens (including phenoxy) is 1. The smallest absolute Gasteiger partial charge is 0.168 e. The minimum atomic E-state index is -0.236. The van der Waals surface area contributed by atoms with Gasteiger partial charge in [-0.25, -0.2) is 0 Å². The van der Waals surface area contributed by atoms with Crippen LogP contribution in [0.15, 0.2) is 0 Å². The van der Waals surface area contributed by atoms with Crippen molar-refractivity contribution in [1.29, 1.82) is 0 Å². The zero-order chi connectivity index (χ0) is 5.86. The van der Waals surface area contributed by atoms with Gasteiger partial charge in [0.15, 0.2) is 5.97 Å². The monoisotopic (exact) mass is 190 g/mol. The molecule has 0 aliphatic rings. The maximum Gasteiger partial charge on any atom is 0.168 e. The Kier molecular flexibility index (Phi) is 7.86. The van der Waals surface area contributed by atoms with Crippen LogP contribution in [0.25, 0.3) is 0 Å². The average molecular weight is 190 g/mol. The summed E-state index contributed by atoms with van der Waals surface area (Å²) in [6, 6.07) is 0. The van der Waals surface area contributed by atoms with Crippen molar-refractivity contribution in [2.75, 3.05) is 7.11 Å². The Balaban J connectivity index is 0. The first-order valence-electron chi connectivity index (χ1n) is 2.07. The van der Waals surface area contributed by atoms with Gasteiger partial charge in [-0.1, -0.05) is 0 Å². The first-order valence-corrected chi connectivity index (χ1v) is 2.07. The van der Waals surface area contributed by atoms with Crippen LogP contribution in [-0.2, 0) is 42.2 Å². The molecule has 0 aromatic rings. The zero-order valence-electron chi connectivity index (χ0n) is 5.39. The van der Waals surface area contributed by atoms with Gasteiger partial charge in [-0.15, -0.1) is 0 Å². The molecule has 0 atom stereocenters. The van der Waals surface area contributed by atoms with E-state index < -0.39 is 0 Å². The van der Waals surface area contributed by atoms with Gasteiger partial charge in [-0.3, -0.25) is 10.7 Å². The Bertz CT molecular complexity index is 70.8. The van der Waals surface area contributed by atoms with Gasteiger partial charge in [0, 0.05) is 32.7 Å². The van der Waals surface area contributed by atoms with E-state index in [1.54, 1.807) is 13.8 Å². The van der Waals surface area contributed by atoms with Gasteiger partial charge in [0.2, 0.25) is 0 Å². The van der Waals surface area contributed by atoms with Gasteiger partial charge in [0.1, 0.15) is 0 Å². The predicted octanol–water partition coefficient (Wildman–Crippen LogP) is 0.771. The number of hydrogen-bond donors (Lipinski definition) is 0. The van der Waals surface area contributed by atoms with Crippen LogP contribution in [-0.4, -0.2) is 13.1 Å². The van der Waals surface area contributed by atoms with E-state index in [1.807, 2.05) is 0 Å². The van der Waals surface area contributed by atoms with Crippen molar-refractivity contribution in [2.24, 2.45) is 0 Å². The second-order valence-corrected chi connectivity index (χ2v) is 1.49. The van der Waals surface area contributed by atoms with E-state index in [-0.39, 0.29) is 38.7 Å². The maximum absolute atomic E-state index is 10.3. The van der Waals surface area contributed by atoms with Gasteiger partial charge in [-0.2, -0.15) is 13.8 Å². The SMILES string of the molecule is COC(=O)[C-](C)C.[Y]. The van der Waals surface area contributed by atoms with Crippen molar-refractivity contribution in [1.82, 2.24) is 0 Å². The van der Waals surface area contributed by atoms with Gasteiger partial charge in [-0.05, 0) is 0 Å². The van der Waals surface area contributed by atoms with Crippen molar-refractivity contribution in [3.05, 3.63) is 5.92 Å². The number of methoxy groups -OCH3 is 1. The molecule has 0 rings (SSSR count). The summed E-state index contributed by atoms with van der Waals surface area (Å²) in [6.07, 6.45) is 0. The number of rotatable bonds is 1. The molecule has 1 radical (unpaired) electrons. The molecule has 0 bridgehead atoms. The molecule has 45 valence electrons. The van der Waals surface area contributed by atoms with Crippen LogP contribution in [0.5, 0.6) is 0 Å². The van der Waals surface area contributed by atoms with E-state index in [4.69, 9.17) is 0 Å². The Labute approximate surface area is 74.9 Å². The molecule has 0 spiro atoms. The van der Waals surface area contributed by atoms with Crippen molar-refractivity contribution in [3.8, 4) is 0 Å². The summed E-state index contributed by atoms with van der Waals surface area (Å²) < 4.78 is 4.34. The number of carbonyl (C=O) groups is 1. The standard InChI is InChI=1S/C5H9O2.Y/c1-4(2)5(6)7-3;/h1-3H3;/q-1;. The maximum atomic E-state index is 10.3. The fourth-order valence-corrected chi connectivity index (χ4v) is 0.204. The second kappa shape index (κ2) is 5.58. The molecule has 0 saturated heterocycles. The molecule has 0 fully saturated rings. The van der Waals surface area contributed by atoms with E-state index in [0.717, 1.165) is 0 Å². The Morgan fingerprint density at radius 1 is 1.50 bits per heavy atom. The number of hydrogen-bond acceptors (Lipinski definition) is 2. The first-order chi connectivity index (χ1) is 3.18. The van der Waals surface area contributed by atoms with Gasteiger partial charge >= 0.3 is 0 Å². The molecule has 0 aromatic carbocycles. The quantitative estimate of drug-likeness (QED) is 0.451. The van der Waals surface area contributed by atoms with Crippen LogP contribution in [0.2, 0.25) is 0 Å². The fourth-order valence-electron chi connectivity index (χ4n) is 0.204. The normalized spacial score (nSPS) is 6.88. The summed E-state index contributed by atoms with van der Waals surface area (Å²) in [5.74, 6) is 0.447. The molecule has 0 unspecified atom stereocenters. The van der Waals surface area contributed by atoms with E-state index in [0.29, 0.717) is 5.92 Å². The van der Waals surface area contributed by atoms with Gasteiger partial charge < -0.3 is 4.74 Å². The van der Waals surface area contributed by atoms with Crippen LogP contribution in [0.1, 0.15) is 13.8 Å². The molecule has 0 aliphatic heterocycles. The molecule has 0 saturated carbocycles. The van der Waals surface area contributed by atoms with Crippen molar-refractivity contribution in [2.45, 2.75) is 13.8 Å². The molecule has 3 heteroatoms. The third-order valence-electron chi connectivity index (χ3n) is 0.594. The number of carbonyl (C=O) groups excluding carboxylic acids is 1. The minimum absolute atomic E-state index is 0. The molecule has 0 N–H and O–H groups in total.